The average Bonchev–Trinajstić information content (AvgIpc) is 3.03. The molecule has 4 fully saturated rings. The van der Waals surface area contributed by atoms with Crippen LogP contribution in [0.25, 0.3) is 0 Å². The summed E-state index contributed by atoms with van der Waals surface area (Å²) in [6.07, 6.45) is 5.85. The highest BCUT2D eigenvalue weighted by molar-refractivity contribution is 5.10. The van der Waals surface area contributed by atoms with Crippen LogP contribution in [-0.2, 0) is 0 Å². The van der Waals surface area contributed by atoms with Gasteiger partial charge in [0, 0.05) is 0 Å². The van der Waals surface area contributed by atoms with Crippen LogP contribution in [-0.4, -0.2) is 27.6 Å². The predicted octanol–water partition coefficient (Wildman–Crippen LogP) is 7.13. The molecule has 32 heavy (non-hydrogen) atoms. The minimum Gasteiger partial charge on any atom is -0.390 e. The minimum absolute atomic E-state index is 0.201. The summed E-state index contributed by atoms with van der Waals surface area (Å²) < 4.78 is 39.4. The van der Waals surface area contributed by atoms with Crippen LogP contribution in [0.5, 0.6) is 0 Å². The van der Waals surface area contributed by atoms with Crippen LogP contribution in [0.4, 0.5) is 13.2 Å². The molecule has 0 amide bonds. The van der Waals surface area contributed by atoms with Crippen molar-refractivity contribution in [2.75, 3.05) is 0 Å². The van der Waals surface area contributed by atoms with Crippen molar-refractivity contribution >= 4 is 0 Å². The van der Waals surface area contributed by atoms with Gasteiger partial charge in [-0.3, -0.25) is 0 Å². The zero-order valence-corrected chi connectivity index (χ0v) is 20.8. The second-order valence-electron chi connectivity index (χ2n) is 13.4. The van der Waals surface area contributed by atoms with E-state index in [1.165, 1.54) is 32.1 Å². The highest BCUT2D eigenvalue weighted by atomic mass is 19.4. The lowest BCUT2D eigenvalue weighted by molar-refractivity contribution is -0.256. The number of alkyl halides is 3. The van der Waals surface area contributed by atoms with Gasteiger partial charge >= 0.3 is 6.18 Å². The third kappa shape index (κ3) is 3.95. The lowest BCUT2D eigenvalue weighted by atomic mass is 9.43. The normalized spacial score (nSPS) is 49.5. The molecule has 0 aliphatic heterocycles. The van der Waals surface area contributed by atoms with E-state index < -0.39 is 17.4 Å². The molecule has 5 heteroatoms. The Morgan fingerprint density at radius 2 is 1.56 bits per heavy atom. The standard InChI is InChI=1S/C27H45F3O2/c1-17(10-13-26(5,32)27(28,29)30)20-8-9-21-19-7-6-18-16-23(2,31)14-15-24(18,3)22(19)11-12-25(20,21)4/h17-22,31-32H,6-16H2,1-5H3/t17-,18-,19+,20-,21+,22+,23+,24?,25-,26-/m1/s1. The Hall–Kier alpha value is -0.290. The van der Waals surface area contributed by atoms with Crippen molar-refractivity contribution in [2.45, 2.75) is 123 Å². The molecule has 4 aliphatic rings. The van der Waals surface area contributed by atoms with Crippen LogP contribution in [0.15, 0.2) is 0 Å². The van der Waals surface area contributed by atoms with E-state index >= 15 is 0 Å². The fraction of sp³-hybridized carbons (Fsp3) is 1.00. The maximum Gasteiger partial charge on any atom is 0.416 e. The monoisotopic (exact) mass is 458 g/mol. The Morgan fingerprint density at radius 1 is 0.906 bits per heavy atom. The molecule has 0 saturated heterocycles. The summed E-state index contributed by atoms with van der Waals surface area (Å²) in [5, 5.41) is 20.6. The van der Waals surface area contributed by atoms with E-state index in [9.17, 15) is 23.4 Å². The van der Waals surface area contributed by atoms with Crippen LogP contribution in [0.1, 0.15) is 105 Å². The zero-order valence-electron chi connectivity index (χ0n) is 20.8. The van der Waals surface area contributed by atoms with Gasteiger partial charge in [0.1, 0.15) is 0 Å². The number of hydrogen-bond acceptors (Lipinski definition) is 2. The van der Waals surface area contributed by atoms with Crippen molar-refractivity contribution in [1.29, 1.82) is 0 Å². The van der Waals surface area contributed by atoms with Gasteiger partial charge in [0.15, 0.2) is 5.60 Å². The highest BCUT2D eigenvalue weighted by Crippen LogP contribution is 2.69. The molecule has 4 rings (SSSR count). The van der Waals surface area contributed by atoms with Crippen LogP contribution < -0.4 is 0 Å². The number of aliphatic hydroxyl groups is 2. The third-order valence-corrected chi connectivity index (χ3v) is 11.4. The number of halogens is 3. The van der Waals surface area contributed by atoms with Gasteiger partial charge in [-0.1, -0.05) is 20.8 Å². The molecule has 0 aromatic rings. The van der Waals surface area contributed by atoms with Crippen molar-refractivity contribution in [3.8, 4) is 0 Å². The first kappa shape index (κ1) is 24.8. The second-order valence-corrected chi connectivity index (χ2v) is 13.4. The van der Waals surface area contributed by atoms with E-state index in [1.807, 2.05) is 6.92 Å². The van der Waals surface area contributed by atoms with E-state index in [1.54, 1.807) is 0 Å². The molecule has 0 radical (unpaired) electrons. The molecule has 2 N–H and O–H groups in total. The zero-order chi connectivity index (χ0) is 23.7. The van der Waals surface area contributed by atoms with Gasteiger partial charge in [-0.05, 0) is 131 Å². The first-order chi connectivity index (χ1) is 14.6. The average molecular weight is 459 g/mol. The molecule has 0 aromatic carbocycles. The summed E-state index contributed by atoms with van der Waals surface area (Å²) in [5.74, 6) is 3.42. The Bertz CT molecular complexity index is 702. The summed E-state index contributed by atoms with van der Waals surface area (Å²) >= 11 is 0. The first-order valence-electron chi connectivity index (χ1n) is 13.1. The highest BCUT2D eigenvalue weighted by Gasteiger charge is 2.61. The molecular weight excluding hydrogens is 413 g/mol. The minimum atomic E-state index is -4.56. The lowest BCUT2D eigenvalue weighted by Gasteiger charge is -2.62. The molecule has 0 heterocycles. The van der Waals surface area contributed by atoms with E-state index in [4.69, 9.17) is 0 Å². The lowest BCUT2D eigenvalue weighted by Crippen LogP contribution is -2.55. The molecule has 1 unspecified atom stereocenters. The summed E-state index contributed by atoms with van der Waals surface area (Å²) in [5.41, 5.74) is -2.55. The Balaban J connectivity index is 1.46. The topological polar surface area (TPSA) is 40.5 Å². The molecule has 186 valence electrons. The van der Waals surface area contributed by atoms with E-state index in [2.05, 4.69) is 20.8 Å². The molecule has 4 saturated carbocycles. The van der Waals surface area contributed by atoms with Crippen LogP contribution in [0.2, 0.25) is 0 Å². The third-order valence-electron chi connectivity index (χ3n) is 11.4. The van der Waals surface area contributed by atoms with Gasteiger partial charge in [0.2, 0.25) is 0 Å². The Kier molecular flexibility index (Phi) is 6.10. The fourth-order valence-electron chi connectivity index (χ4n) is 9.26. The van der Waals surface area contributed by atoms with E-state index in [0.29, 0.717) is 29.6 Å². The maximum atomic E-state index is 13.1. The van der Waals surface area contributed by atoms with E-state index in [-0.39, 0.29) is 17.8 Å². The quantitative estimate of drug-likeness (QED) is 0.471. The SMILES string of the molecule is C[C@H](CC[C@@](C)(O)C(F)(F)F)[C@H]1CC[C@H]2[C@@H]3CC[C@@H]4C[C@@](C)(O)CCC4(C)[C@H]3CC[C@]12C. The number of rotatable bonds is 4. The molecule has 2 nitrogen and oxygen atoms in total. The Morgan fingerprint density at radius 3 is 2.22 bits per heavy atom. The summed E-state index contributed by atoms with van der Waals surface area (Å²) in [7, 11) is 0. The summed E-state index contributed by atoms with van der Waals surface area (Å²) in [6.45, 7) is 9.99. The van der Waals surface area contributed by atoms with Gasteiger partial charge in [0.05, 0.1) is 5.60 Å². The van der Waals surface area contributed by atoms with Gasteiger partial charge in [-0.25, -0.2) is 0 Å². The Labute approximate surface area is 192 Å². The summed E-state index contributed by atoms with van der Waals surface area (Å²) in [4.78, 5) is 0. The largest absolute Gasteiger partial charge is 0.416 e. The van der Waals surface area contributed by atoms with E-state index in [0.717, 1.165) is 44.4 Å². The van der Waals surface area contributed by atoms with Crippen LogP contribution in [0, 0.1) is 46.3 Å². The fourth-order valence-corrected chi connectivity index (χ4v) is 9.26. The molecule has 4 aliphatic carbocycles. The smallest absolute Gasteiger partial charge is 0.390 e. The van der Waals surface area contributed by atoms with Gasteiger partial charge in [0.25, 0.3) is 0 Å². The van der Waals surface area contributed by atoms with Crippen molar-refractivity contribution in [1.82, 2.24) is 0 Å². The van der Waals surface area contributed by atoms with Crippen molar-refractivity contribution in [2.24, 2.45) is 46.3 Å². The molecular formula is C27H45F3O2. The number of fused-ring (bicyclic) bond motifs is 5. The molecule has 10 atom stereocenters. The van der Waals surface area contributed by atoms with Gasteiger partial charge in [-0.2, -0.15) is 13.2 Å². The maximum absolute atomic E-state index is 13.1. The van der Waals surface area contributed by atoms with Gasteiger partial charge < -0.3 is 10.2 Å². The van der Waals surface area contributed by atoms with Crippen molar-refractivity contribution in [3.63, 3.8) is 0 Å². The second kappa shape index (κ2) is 7.86. The van der Waals surface area contributed by atoms with Gasteiger partial charge in [-0.15, -0.1) is 0 Å². The predicted molar refractivity (Wildman–Crippen MR) is 121 cm³/mol. The molecule has 0 bridgehead atoms. The molecule has 0 aromatic heterocycles. The van der Waals surface area contributed by atoms with Crippen molar-refractivity contribution < 1.29 is 23.4 Å². The van der Waals surface area contributed by atoms with Crippen LogP contribution in [0.3, 0.4) is 0 Å². The number of hydrogen-bond donors (Lipinski definition) is 2. The first-order valence-corrected chi connectivity index (χ1v) is 13.1. The van der Waals surface area contributed by atoms with Crippen LogP contribution >= 0.6 is 0 Å². The molecule has 0 spiro atoms. The van der Waals surface area contributed by atoms with Crippen molar-refractivity contribution in [3.05, 3.63) is 0 Å². The summed E-state index contributed by atoms with van der Waals surface area (Å²) in [6, 6.07) is 0.